The van der Waals surface area contributed by atoms with Crippen molar-refractivity contribution in [1.82, 2.24) is 30.2 Å². The number of nitrogens with two attached hydrogens (primary N) is 1. The van der Waals surface area contributed by atoms with Gasteiger partial charge in [0, 0.05) is 30.5 Å². The number of ether oxygens (including phenoxy) is 1. The van der Waals surface area contributed by atoms with Crippen molar-refractivity contribution in [3.8, 4) is 17.1 Å². The van der Waals surface area contributed by atoms with E-state index in [2.05, 4.69) is 25.8 Å². The molecule has 0 spiro atoms. The molecule has 0 saturated heterocycles. The summed E-state index contributed by atoms with van der Waals surface area (Å²) in [5.74, 6) is 0.203. The van der Waals surface area contributed by atoms with Crippen LogP contribution in [0.1, 0.15) is 4.11 Å². The monoisotopic (exact) mass is 345 g/mol. The molecule has 0 fully saturated rings. The summed E-state index contributed by atoms with van der Waals surface area (Å²) in [6.07, 6.45) is 5.73. The Hall–Kier alpha value is -3.56. The summed E-state index contributed by atoms with van der Waals surface area (Å²) in [7, 11) is 3.20. The second-order valence-corrected chi connectivity index (χ2v) is 5.06. The summed E-state index contributed by atoms with van der Waals surface area (Å²) < 4.78 is 29.3. The first kappa shape index (κ1) is 12.8. The summed E-state index contributed by atoms with van der Waals surface area (Å²) in [6, 6.07) is 1.69. The number of carbonyl (C=O) groups excluding carboxylic acids is 1. The highest BCUT2D eigenvalue weighted by molar-refractivity contribution is 5.93. The number of amides is 1. The molecule has 2 aromatic rings. The number of methoxy groups -OCH3 is 1. The van der Waals surface area contributed by atoms with E-state index in [1.165, 1.54) is 25.6 Å². The Morgan fingerprint density at radius 3 is 2.96 bits per heavy atom. The molecule has 2 aromatic heterocycles. The first-order valence-electron chi connectivity index (χ1n) is 8.65. The van der Waals surface area contributed by atoms with E-state index in [0.717, 1.165) is 5.01 Å². The summed E-state index contributed by atoms with van der Waals surface area (Å²) >= 11 is 0. The van der Waals surface area contributed by atoms with Crippen molar-refractivity contribution in [2.45, 2.75) is 0 Å². The molecule has 0 radical (unpaired) electrons. The van der Waals surface area contributed by atoms with Crippen LogP contribution in [0, 0.1) is 0 Å². The average molecular weight is 345 g/mol. The fourth-order valence-corrected chi connectivity index (χ4v) is 2.25. The number of hydrazine groups is 1. The quantitative estimate of drug-likeness (QED) is 0.690. The van der Waals surface area contributed by atoms with E-state index in [1.54, 1.807) is 24.1 Å². The molecule has 3 rings (SSSR count). The minimum Gasteiger partial charge on any atom is -0.492 e. The van der Waals surface area contributed by atoms with Gasteiger partial charge in [-0.15, -0.1) is 0 Å². The summed E-state index contributed by atoms with van der Waals surface area (Å²) in [4.78, 5) is 20.2. The number of hydrogen-bond donors (Lipinski definition) is 3. The third-order valence-electron chi connectivity index (χ3n) is 3.34. The van der Waals surface area contributed by atoms with Gasteiger partial charge in [-0.25, -0.2) is 9.97 Å². The van der Waals surface area contributed by atoms with Crippen LogP contribution < -0.4 is 21.2 Å². The van der Waals surface area contributed by atoms with Crippen LogP contribution in [0.25, 0.3) is 11.4 Å². The lowest BCUT2D eigenvalue weighted by Crippen LogP contribution is -2.39. The maximum Gasteiger partial charge on any atom is 0.268 e. The van der Waals surface area contributed by atoms with Crippen molar-refractivity contribution in [2.24, 2.45) is 12.8 Å². The lowest BCUT2D eigenvalue weighted by molar-refractivity contribution is -0.115. The molecule has 1 aliphatic heterocycles. The fourth-order valence-electron chi connectivity index (χ4n) is 2.25. The van der Waals surface area contributed by atoms with Crippen LogP contribution >= 0.6 is 0 Å². The summed E-state index contributed by atoms with van der Waals surface area (Å²) in [5, 5.41) is 7.99. The van der Waals surface area contributed by atoms with E-state index in [1.807, 2.05) is 0 Å². The maximum absolute atomic E-state index is 11.8. The van der Waals surface area contributed by atoms with E-state index in [-0.39, 0.29) is 17.2 Å². The summed E-state index contributed by atoms with van der Waals surface area (Å²) in [6.45, 7) is -2.50. The van der Waals surface area contributed by atoms with Gasteiger partial charge in [-0.3, -0.25) is 19.9 Å². The van der Waals surface area contributed by atoms with E-state index in [0.29, 0.717) is 17.1 Å². The predicted octanol–water partition coefficient (Wildman–Crippen LogP) is -0.0418. The number of primary amides is 1. The lowest BCUT2D eigenvalue weighted by atomic mass is 10.2. The molecule has 0 aliphatic carbocycles. The van der Waals surface area contributed by atoms with Gasteiger partial charge >= 0.3 is 0 Å². The van der Waals surface area contributed by atoms with E-state index in [4.69, 9.17) is 14.6 Å². The van der Waals surface area contributed by atoms with Crippen LogP contribution in [0.4, 0.5) is 5.82 Å². The van der Waals surface area contributed by atoms with E-state index in [9.17, 15) is 4.79 Å². The number of aryl methyl sites for hydroxylation is 1. The van der Waals surface area contributed by atoms with Gasteiger partial charge in [-0.05, 0) is 12.1 Å². The largest absolute Gasteiger partial charge is 0.492 e. The molecule has 3 heterocycles. The molecule has 25 heavy (non-hydrogen) atoms. The van der Waals surface area contributed by atoms with Crippen molar-refractivity contribution >= 4 is 11.7 Å². The minimum absolute atomic E-state index is 0.135. The highest BCUT2D eigenvalue weighted by Crippen LogP contribution is 2.34. The lowest BCUT2D eigenvalue weighted by Gasteiger charge is -2.25. The number of rotatable bonds is 5. The molecule has 0 atom stereocenters. The Bertz CT molecular complexity index is 966. The molecule has 4 N–H and O–H groups in total. The van der Waals surface area contributed by atoms with E-state index < -0.39 is 12.9 Å². The number of aromatic nitrogens is 4. The molecule has 0 saturated carbocycles. The second-order valence-electron chi connectivity index (χ2n) is 5.06. The van der Waals surface area contributed by atoms with Crippen LogP contribution in [0.5, 0.6) is 5.75 Å². The fraction of sp³-hybridized carbons (Fsp3) is 0.200. The average Bonchev–Trinajstić information content (AvgIpc) is 3.07. The minimum atomic E-state index is -2.50. The molecule has 0 aromatic carbocycles. The first-order chi connectivity index (χ1) is 13.2. The number of hydrogen-bond acceptors (Lipinski definition) is 8. The standard InChI is InChI=1S/C15H18N8O2/c1-22-7-5-10(11(20-22)13(16)24)19-15-12(25-3)9(4-6-17-15)14-18-8-23(2)21-14/h4-8,20H,1-3H3,(H2,16,24)(H,17,19)/i1D3. The molecule has 0 unspecified atom stereocenters. The van der Waals surface area contributed by atoms with Gasteiger partial charge in [0.1, 0.15) is 12.0 Å². The zero-order valence-corrected chi connectivity index (χ0v) is 13.5. The van der Waals surface area contributed by atoms with Gasteiger partial charge in [0.15, 0.2) is 17.4 Å². The zero-order chi connectivity index (χ0) is 20.5. The predicted molar refractivity (Wildman–Crippen MR) is 90.7 cm³/mol. The van der Waals surface area contributed by atoms with Crippen molar-refractivity contribution in [2.75, 3.05) is 19.4 Å². The van der Waals surface area contributed by atoms with Gasteiger partial charge in [0.2, 0.25) is 0 Å². The topological polar surface area (TPSA) is 123 Å². The van der Waals surface area contributed by atoms with Crippen molar-refractivity contribution in [1.29, 1.82) is 0 Å². The van der Waals surface area contributed by atoms with Gasteiger partial charge in [0.05, 0.1) is 18.4 Å². The number of carbonyl (C=O) groups is 1. The normalized spacial score (nSPS) is 15.9. The van der Waals surface area contributed by atoms with Crippen molar-refractivity contribution in [3.63, 3.8) is 0 Å². The van der Waals surface area contributed by atoms with Crippen LogP contribution in [0.2, 0.25) is 0 Å². The van der Waals surface area contributed by atoms with E-state index >= 15 is 0 Å². The highest BCUT2D eigenvalue weighted by Gasteiger charge is 2.20. The molecule has 0 bridgehead atoms. The van der Waals surface area contributed by atoms with Gasteiger partial charge in [-0.1, -0.05) is 0 Å². The third kappa shape index (κ3) is 3.22. The SMILES string of the molecule is [2H]C([2H])([2H])N1C=CC(Nc2nccc(-c3ncn(C)n3)c2OC)=C(C(N)=O)N1. The van der Waals surface area contributed by atoms with Crippen LogP contribution in [-0.4, -0.2) is 44.8 Å². The number of nitrogens with one attached hydrogen (secondary N) is 2. The van der Waals surface area contributed by atoms with Gasteiger partial charge < -0.3 is 15.8 Å². The molecule has 1 aliphatic rings. The van der Waals surface area contributed by atoms with Crippen LogP contribution in [0.3, 0.4) is 0 Å². The number of allylic oxidation sites excluding steroid dienone is 1. The molecule has 10 heteroatoms. The number of anilines is 1. The Labute approximate surface area is 148 Å². The summed E-state index contributed by atoms with van der Waals surface area (Å²) in [5.41, 5.74) is 8.55. The smallest absolute Gasteiger partial charge is 0.268 e. The number of nitrogens with zero attached hydrogens (tertiary/aromatic N) is 5. The van der Waals surface area contributed by atoms with Gasteiger partial charge in [0.25, 0.3) is 5.91 Å². The molecular weight excluding hydrogens is 324 g/mol. The van der Waals surface area contributed by atoms with Crippen molar-refractivity contribution in [3.05, 3.63) is 42.3 Å². The Morgan fingerprint density at radius 2 is 2.32 bits per heavy atom. The van der Waals surface area contributed by atoms with Crippen LogP contribution in [-0.2, 0) is 11.8 Å². The molecule has 10 nitrogen and oxygen atoms in total. The Kier molecular flexibility index (Phi) is 3.34. The zero-order valence-electron chi connectivity index (χ0n) is 16.5. The second kappa shape index (κ2) is 6.51. The Morgan fingerprint density at radius 1 is 1.48 bits per heavy atom. The van der Waals surface area contributed by atoms with Gasteiger partial charge in [-0.2, -0.15) is 5.10 Å². The molecule has 130 valence electrons. The Balaban J connectivity index is 1.99. The first-order valence-corrected chi connectivity index (χ1v) is 7.15. The molecule has 1 amide bonds. The van der Waals surface area contributed by atoms with Crippen LogP contribution in [0.15, 0.2) is 42.3 Å². The maximum atomic E-state index is 11.8. The highest BCUT2D eigenvalue weighted by atomic mass is 16.5. The number of pyridine rings is 1. The molecular formula is C15H18N8O2. The van der Waals surface area contributed by atoms with Crippen molar-refractivity contribution < 1.29 is 13.6 Å². The third-order valence-corrected chi connectivity index (χ3v) is 3.34.